The van der Waals surface area contributed by atoms with Crippen LogP contribution < -0.4 is 5.32 Å². The molecular formula is C12H9ClFN3O2. The summed E-state index contributed by atoms with van der Waals surface area (Å²) in [6.45, 7) is 0. The highest BCUT2D eigenvalue weighted by Gasteiger charge is 2.10. The van der Waals surface area contributed by atoms with Crippen molar-refractivity contribution in [3.8, 4) is 0 Å². The average molecular weight is 282 g/mol. The lowest BCUT2D eigenvalue weighted by Gasteiger charge is -2.07. The molecule has 0 atom stereocenters. The molecule has 5 nitrogen and oxygen atoms in total. The predicted octanol–water partition coefficient (Wildman–Crippen LogP) is 2.80. The van der Waals surface area contributed by atoms with Crippen LogP contribution in [0.4, 0.5) is 15.9 Å². The summed E-state index contributed by atoms with van der Waals surface area (Å²) in [5.74, 6) is -0.901. The Balaban J connectivity index is 2.28. The highest BCUT2D eigenvalue weighted by Crippen LogP contribution is 2.22. The number of nitrogens with zero attached hydrogens (tertiary/aromatic N) is 2. The van der Waals surface area contributed by atoms with Crippen molar-refractivity contribution in [3.05, 3.63) is 47.1 Å². The van der Waals surface area contributed by atoms with Crippen LogP contribution in [-0.4, -0.2) is 23.0 Å². The zero-order chi connectivity index (χ0) is 13.8. The van der Waals surface area contributed by atoms with Crippen LogP contribution in [0.1, 0.15) is 10.5 Å². The number of carbonyl (C=O) groups excluding carboxylic acids is 1. The third kappa shape index (κ3) is 3.17. The molecule has 0 aliphatic rings. The maximum Gasteiger partial charge on any atom is 0.358 e. The van der Waals surface area contributed by atoms with Crippen LogP contribution in [0.3, 0.4) is 0 Å². The average Bonchev–Trinajstić information content (AvgIpc) is 2.42. The molecule has 0 unspecified atom stereocenters. The van der Waals surface area contributed by atoms with Crippen molar-refractivity contribution in [2.45, 2.75) is 0 Å². The Kier molecular flexibility index (Phi) is 3.91. The third-order valence-corrected chi connectivity index (χ3v) is 2.46. The molecule has 1 heterocycles. The molecule has 0 aliphatic carbocycles. The topological polar surface area (TPSA) is 64.1 Å². The normalized spacial score (nSPS) is 10.1. The summed E-state index contributed by atoms with van der Waals surface area (Å²) in [7, 11) is 1.24. The van der Waals surface area contributed by atoms with Crippen LogP contribution >= 0.6 is 11.6 Å². The smallest absolute Gasteiger partial charge is 0.358 e. The number of nitrogens with one attached hydrogen (secondary N) is 1. The zero-order valence-electron chi connectivity index (χ0n) is 9.85. The number of carbonyl (C=O) groups is 1. The molecule has 0 amide bonds. The SMILES string of the molecule is COC(=O)c1cncc(Nc2cc(Cl)ccc2F)n1. The molecule has 2 rings (SSSR count). The van der Waals surface area contributed by atoms with Gasteiger partial charge in [-0.05, 0) is 18.2 Å². The number of rotatable bonds is 3. The molecule has 98 valence electrons. The number of halogens is 2. The maximum absolute atomic E-state index is 13.5. The van der Waals surface area contributed by atoms with Gasteiger partial charge in [0.2, 0.25) is 0 Å². The molecule has 0 aliphatic heterocycles. The number of benzene rings is 1. The minimum Gasteiger partial charge on any atom is -0.464 e. The van der Waals surface area contributed by atoms with Crippen LogP contribution in [0.5, 0.6) is 0 Å². The molecular weight excluding hydrogens is 273 g/mol. The second-order valence-corrected chi connectivity index (χ2v) is 3.97. The molecule has 2 aromatic rings. The summed E-state index contributed by atoms with van der Waals surface area (Å²) in [5, 5.41) is 3.07. The van der Waals surface area contributed by atoms with Gasteiger partial charge in [0, 0.05) is 5.02 Å². The summed E-state index contributed by atoms with van der Waals surface area (Å²) in [6.07, 6.45) is 2.61. The molecule has 0 bridgehead atoms. The molecule has 0 saturated carbocycles. The molecule has 1 aromatic heterocycles. The predicted molar refractivity (Wildman–Crippen MR) is 68.1 cm³/mol. The van der Waals surface area contributed by atoms with Crippen LogP contribution in [0, 0.1) is 5.82 Å². The molecule has 0 fully saturated rings. The van der Waals surface area contributed by atoms with Gasteiger partial charge in [0.05, 0.1) is 25.2 Å². The Hall–Kier alpha value is -2.21. The molecule has 0 spiro atoms. The first-order valence-electron chi connectivity index (χ1n) is 5.22. The number of methoxy groups -OCH3 is 1. The van der Waals surface area contributed by atoms with Crippen LogP contribution in [-0.2, 0) is 4.74 Å². The lowest BCUT2D eigenvalue weighted by atomic mass is 10.3. The van der Waals surface area contributed by atoms with E-state index in [1.807, 2.05) is 0 Å². The van der Waals surface area contributed by atoms with Crippen molar-refractivity contribution in [2.24, 2.45) is 0 Å². The van der Waals surface area contributed by atoms with E-state index in [-0.39, 0.29) is 17.2 Å². The third-order valence-electron chi connectivity index (χ3n) is 2.22. The minimum absolute atomic E-state index is 0.0231. The maximum atomic E-state index is 13.5. The van der Waals surface area contributed by atoms with Crippen molar-refractivity contribution in [2.75, 3.05) is 12.4 Å². The van der Waals surface area contributed by atoms with E-state index in [9.17, 15) is 9.18 Å². The quantitative estimate of drug-likeness (QED) is 0.877. The lowest BCUT2D eigenvalue weighted by Crippen LogP contribution is -2.07. The van der Waals surface area contributed by atoms with Gasteiger partial charge in [0.1, 0.15) is 11.6 Å². The van der Waals surface area contributed by atoms with Crippen LogP contribution in [0.2, 0.25) is 5.02 Å². The van der Waals surface area contributed by atoms with Crippen molar-refractivity contribution in [1.82, 2.24) is 9.97 Å². The van der Waals surface area contributed by atoms with E-state index in [0.717, 1.165) is 0 Å². The van der Waals surface area contributed by atoms with Gasteiger partial charge in [-0.3, -0.25) is 4.98 Å². The number of anilines is 2. The highest BCUT2D eigenvalue weighted by atomic mass is 35.5. The van der Waals surface area contributed by atoms with Crippen molar-refractivity contribution in [3.63, 3.8) is 0 Å². The van der Waals surface area contributed by atoms with E-state index < -0.39 is 11.8 Å². The highest BCUT2D eigenvalue weighted by molar-refractivity contribution is 6.30. The Morgan fingerprint density at radius 3 is 2.95 bits per heavy atom. The van der Waals surface area contributed by atoms with E-state index in [1.54, 1.807) is 0 Å². The number of ether oxygens (including phenoxy) is 1. The summed E-state index contributed by atoms with van der Waals surface area (Å²) < 4.78 is 18.0. The first-order valence-corrected chi connectivity index (χ1v) is 5.60. The minimum atomic E-state index is -0.622. The van der Waals surface area contributed by atoms with E-state index in [0.29, 0.717) is 5.02 Å². The van der Waals surface area contributed by atoms with Crippen molar-refractivity contribution in [1.29, 1.82) is 0 Å². The number of hydrogen-bond donors (Lipinski definition) is 1. The fourth-order valence-electron chi connectivity index (χ4n) is 1.36. The zero-order valence-corrected chi connectivity index (χ0v) is 10.6. The van der Waals surface area contributed by atoms with Crippen molar-refractivity contribution >= 4 is 29.1 Å². The van der Waals surface area contributed by atoms with Gasteiger partial charge < -0.3 is 10.1 Å². The van der Waals surface area contributed by atoms with E-state index in [2.05, 4.69) is 20.0 Å². The van der Waals surface area contributed by atoms with Gasteiger partial charge in [-0.1, -0.05) is 11.6 Å². The Labute approximate surface area is 113 Å². The van der Waals surface area contributed by atoms with Gasteiger partial charge in [-0.2, -0.15) is 0 Å². The van der Waals surface area contributed by atoms with Gasteiger partial charge in [0.15, 0.2) is 5.69 Å². The fraction of sp³-hybridized carbons (Fsp3) is 0.0833. The Bertz CT molecular complexity index is 622. The largest absolute Gasteiger partial charge is 0.464 e. The lowest BCUT2D eigenvalue weighted by molar-refractivity contribution is 0.0593. The molecule has 1 aromatic carbocycles. The first-order chi connectivity index (χ1) is 9.10. The summed E-state index contributed by atoms with van der Waals surface area (Å²) in [6, 6.07) is 4.06. The summed E-state index contributed by atoms with van der Waals surface area (Å²) in [4.78, 5) is 19.1. The summed E-state index contributed by atoms with van der Waals surface area (Å²) in [5.41, 5.74) is 0.166. The Morgan fingerprint density at radius 1 is 1.42 bits per heavy atom. The second kappa shape index (κ2) is 5.62. The van der Waals surface area contributed by atoms with Crippen LogP contribution in [0.15, 0.2) is 30.6 Å². The Morgan fingerprint density at radius 2 is 2.21 bits per heavy atom. The fourth-order valence-corrected chi connectivity index (χ4v) is 1.53. The molecule has 7 heteroatoms. The van der Waals surface area contributed by atoms with Crippen LogP contribution in [0.25, 0.3) is 0 Å². The van der Waals surface area contributed by atoms with Gasteiger partial charge >= 0.3 is 5.97 Å². The number of hydrogen-bond acceptors (Lipinski definition) is 5. The van der Waals surface area contributed by atoms with Crippen molar-refractivity contribution < 1.29 is 13.9 Å². The van der Waals surface area contributed by atoms with E-state index in [1.165, 1.54) is 37.7 Å². The van der Waals surface area contributed by atoms with Gasteiger partial charge in [0.25, 0.3) is 0 Å². The van der Waals surface area contributed by atoms with E-state index >= 15 is 0 Å². The number of esters is 1. The first kappa shape index (κ1) is 13.2. The molecule has 1 N–H and O–H groups in total. The second-order valence-electron chi connectivity index (χ2n) is 3.53. The number of aromatic nitrogens is 2. The molecule has 0 radical (unpaired) electrons. The monoisotopic (exact) mass is 281 g/mol. The van der Waals surface area contributed by atoms with Gasteiger partial charge in [-0.15, -0.1) is 0 Å². The summed E-state index contributed by atoms with van der Waals surface area (Å²) >= 11 is 5.77. The van der Waals surface area contributed by atoms with Gasteiger partial charge in [-0.25, -0.2) is 14.2 Å². The molecule has 19 heavy (non-hydrogen) atoms. The van der Waals surface area contributed by atoms with E-state index in [4.69, 9.17) is 11.6 Å². The molecule has 0 saturated heterocycles. The standard InChI is InChI=1S/C12H9ClFN3O2/c1-19-12(18)10-5-15-6-11(17-10)16-9-4-7(13)2-3-8(9)14/h2-6H,1H3,(H,16,17).